The smallest absolute Gasteiger partial charge is 0.0614 e. The van der Waals surface area contributed by atoms with E-state index in [1.807, 2.05) is 6.08 Å². The first-order valence-electron chi connectivity index (χ1n) is 7.69. The Morgan fingerprint density at radius 2 is 1.65 bits per heavy atom. The van der Waals surface area contributed by atoms with Gasteiger partial charge in [0.05, 0.1) is 6.61 Å². The number of hydrogen-bond donors (Lipinski definition) is 1. The molecule has 1 nitrogen and oxygen atoms in total. The Hall–Kier alpha value is -1.08. The summed E-state index contributed by atoms with van der Waals surface area (Å²) >= 11 is 0. The molecule has 114 valence electrons. The highest BCUT2D eigenvalue weighted by Crippen LogP contribution is 2.22. The molecule has 0 amide bonds. The topological polar surface area (TPSA) is 20.2 Å². The molecule has 0 heterocycles. The van der Waals surface area contributed by atoms with Crippen LogP contribution in [0.3, 0.4) is 0 Å². The van der Waals surface area contributed by atoms with Crippen LogP contribution in [-0.2, 0) is 0 Å². The van der Waals surface area contributed by atoms with Crippen molar-refractivity contribution in [2.45, 2.75) is 66.7 Å². The number of aliphatic hydroxyl groups is 1. The Labute approximate surface area is 125 Å². The first-order chi connectivity index (χ1) is 9.51. The molecule has 0 aromatic heterocycles. The summed E-state index contributed by atoms with van der Waals surface area (Å²) in [5.74, 6) is 0. The summed E-state index contributed by atoms with van der Waals surface area (Å²) in [4.78, 5) is 0. The van der Waals surface area contributed by atoms with Gasteiger partial charge in [0, 0.05) is 0 Å². The summed E-state index contributed by atoms with van der Waals surface area (Å²) < 4.78 is 0. The van der Waals surface area contributed by atoms with Gasteiger partial charge in [-0.05, 0) is 66.7 Å². The maximum atomic E-state index is 8.93. The fourth-order valence-corrected chi connectivity index (χ4v) is 2.07. The van der Waals surface area contributed by atoms with E-state index in [1.54, 1.807) is 5.57 Å². The maximum Gasteiger partial charge on any atom is 0.0614 e. The van der Waals surface area contributed by atoms with Crippen LogP contribution in [0.25, 0.3) is 0 Å². The van der Waals surface area contributed by atoms with Crippen LogP contribution >= 0.6 is 0 Å². The Balaban J connectivity index is 4.73. The second-order valence-electron chi connectivity index (χ2n) is 5.71. The van der Waals surface area contributed by atoms with Crippen LogP contribution in [0.15, 0.2) is 46.6 Å². The third-order valence-corrected chi connectivity index (χ3v) is 3.54. The molecule has 0 saturated heterocycles. The lowest BCUT2D eigenvalue weighted by molar-refractivity contribution is 0.341. The molecular weight excluding hydrogens is 244 g/mol. The van der Waals surface area contributed by atoms with Crippen molar-refractivity contribution in [3.63, 3.8) is 0 Å². The standard InChI is InChI=1S/C19H32O/c1-6-7-8-9-18(5)19(12-10-16(2)3)13-11-17(4)14-15-20/h6-7,10,14,20H,8-9,11-13,15H2,1-5H3/b7-6+,17-14+,19-18-. The second kappa shape index (κ2) is 11.7. The molecule has 0 radical (unpaired) electrons. The Kier molecular flexibility index (Phi) is 11.1. The van der Waals surface area contributed by atoms with Crippen LogP contribution in [0.4, 0.5) is 0 Å². The lowest BCUT2D eigenvalue weighted by Crippen LogP contribution is -1.92. The Morgan fingerprint density at radius 1 is 0.950 bits per heavy atom. The van der Waals surface area contributed by atoms with Crippen LogP contribution in [0.2, 0.25) is 0 Å². The molecule has 0 fully saturated rings. The molecule has 0 saturated carbocycles. The third kappa shape index (κ3) is 9.80. The molecule has 0 bridgehead atoms. The fraction of sp³-hybridized carbons (Fsp3) is 0.579. The SMILES string of the molecule is C/C=C/CC/C(C)=C(/CC=C(C)C)CC/C(C)=C/CO. The van der Waals surface area contributed by atoms with Crippen LogP contribution in [0, 0.1) is 0 Å². The van der Waals surface area contributed by atoms with E-state index in [-0.39, 0.29) is 6.61 Å². The molecule has 1 N–H and O–H groups in total. The van der Waals surface area contributed by atoms with Crippen molar-refractivity contribution in [2.75, 3.05) is 6.61 Å². The first-order valence-corrected chi connectivity index (χ1v) is 7.69. The molecule has 0 spiro atoms. The normalized spacial score (nSPS) is 13.6. The van der Waals surface area contributed by atoms with Crippen molar-refractivity contribution in [2.24, 2.45) is 0 Å². The van der Waals surface area contributed by atoms with E-state index in [1.165, 1.54) is 16.7 Å². The first kappa shape index (κ1) is 18.9. The molecule has 0 aliphatic carbocycles. The molecule has 0 aliphatic rings. The zero-order valence-electron chi connectivity index (χ0n) is 14.0. The van der Waals surface area contributed by atoms with E-state index < -0.39 is 0 Å². The van der Waals surface area contributed by atoms with Crippen molar-refractivity contribution >= 4 is 0 Å². The van der Waals surface area contributed by atoms with Gasteiger partial charge in [0.15, 0.2) is 0 Å². The highest BCUT2D eigenvalue weighted by Gasteiger charge is 2.03. The molecule has 0 aliphatic heterocycles. The Morgan fingerprint density at radius 3 is 2.20 bits per heavy atom. The molecular formula is C19H32O. The highest BCUT2D eigenvalue weighted by atomic mass is 16.2. The van der Waals surface area contributed by atoms with E-state index in [0.717, 1.165) is 32.1 Å². The average Bonchev–Trinajstić information content (AvgIpc) is 2.38. The van der Waals surface area contributed by atoms with Crippen LogP contribution in [-0.4, -0.2) is 11.7 Å². The van der Waals surface area contributed by atoms with Gasteiger partial charge in [-0.25, -0.2) is 0 Å². The van der Waals surface area contributed by atoms with Gasteiger partial charge >= 0.3 is 0 Å². The number of rotatable bonds is 9. The van der Waals surface area contributed by atoms with Gasteiger partial charge in [0.2, 0.25) is 0 Å². The fourth-order valence-electron chi connectivity index (χ4n) is 2.07. The van der Waals surface area contributed by atoms with Crippen molar-refractivity contribution in [1.82, 2.24) is 0 Å². The monoisotopic (exact) mass is 276 g/mol. The summed E-state index contributed by atoms with van der Waals surface area (Å²) in [7, 11) is 0. The van der Waals surface area contributed by atoms with Gasteiger partial charge in [-0.2, -0.15) is 0 Å². The lowest BCUT2D eigenvalue weighted by atomic mass is 9.95. The highest BCUT2D eigenvalue weighted by molar-refractivity contribution is 5.19. The van der Waals surface area contributed by atoms with E-state index in [0.29, 0.717) is 0 Å². The van der Waals surface area contributed by atoms with E-state index in [2.05, 4.69) is 52.8 Å². The Bertz CT molecular complexity index is 377. The van der Waals surface area contributed by atoms with Gasteiger partial charge in [-0.15, -0.1) is 0 Å². The van der Waals surface area contributed by atoms with Gasteiger partial charge in [0.25, 0.3) is 0 Å². The van der Waals surface area contributed by atoms with Crippen molar-refractivity contribution in [3.05, 3.63) is 46.6 Å². The zero-order chi connectivity index (χ0) is 15.4. The van der Waals surface area contributed by atoms with Gasteiger partial charge < -0.3 is 5.11 Å². The predicted octanol–water partition coefficient (Wildman–Crippen LogP) is 5.73. The molecule has 0 atom stereocenters. The molecule has 0 aromatic carbocycles. The summed E-state index contributed by atoms with van der Waals surface area (Å²) in [6.07, 6.45) is 14.1. The minimum absolute atomic E-state index is 0.152. The molecule has 0 unspecified atom stereocenters. The zero-order valence-corrected chi connectivity index (χ0v) is 14.0. The second-order valence-corrected chi connectivity index (χ2v) is 5.71. The van der Waals surface area contributed by atoms with Gasteiger partial charge in [-0.3, -0.25) is 0 Å². The molecule has 1 heteroatoms. The quantitative estimate of drug-likeness (QED) is 0.533. The summed E-state index contributed by atoms with van der Waals surface area (Å²) in [5, 5.41) is 8.93. The number of allylic oxidation sites excluding steroid dienone is 7. The summed E-state index contributed by atoms with van der Waals surface area (Å²) in [5.41, 5.74) is 5.74. The van der Waals surface area contributed by atoms with Crippen LogP contribution < -0.4 is 0 Å². The van der Waals surface area contributed by atoms with E-state index >= 15 is 0 Å². The lowest BCUT2D eigenvalue weighted by Gasteiger charge is -2.11. The van der Waals surface area contributed by atoms with Gasteiger partial charge in [-0.1, -0.05) is 46.6 Å². The minimum atomic E-state index is 0.152. The van der Waals surface area contributed by atoms with Gasteiger partial charge in [0.1, 0.15) is 0 Å². The number of aliphatic hydroxyl groups excluding tert-OH is 1. The van der Waals surface area contributed by atoms with Crippen LogP contribution in [0.1, 0.15) is 66.7 Å². The predicted molar refractivity (Wildman–Crippen MR) is 90.9 cm³/mol. The average molecular weight is 276 g/mol. The molecule has 0 aromatic rings. The van der Waals surface area contributed by atoms with Crippen molar-refractivity contribution in [1.29, 1.82) is 0 Å². The van der Waals surface area contributed by atoms with Crippen LogP contribution in [0.5, 0.6) is 0 Å². The summed E-state index contributed by atoms with van der Waals surface area (Å²) in [6, 6.07) is 0. The largest absolute Gasteiger partial charge is 0.392 e. The van der Waals surface area contributed by atoms with E-state index in [4.69, 9.17) is 5.11 Å². The number of hydrogen-bond acceptors (Lipinski definition) is 1. The van der Waals surface area contributed by atoms with Crippen molar-refractivity contribution in [3.8, 4) is 0 Å². The third-order valence-electron chi connectivity index (χ3n) is 3.54. The maximum absolute atomic E-state index is 8.93. The minimum Gasteiger partial charge on any atom is -0.392 e. The molecule has 20 heavy (non-hydrogen) atoms. The molecule has 0 rings (SSSR count). The summed E-state index contributed by atoms with van der Waals surface area (Å²) in [6.45, 7) is 10.9. The van der Waals surface area contributed by atoms with Crippen molar-refractivity contribution < 1.29 is 5.11 Å². The van der Waals surface area contributed by atoms with E-state index in [9.17, 15) is 0 Å².